The third-order valence-corrected chi connectivity index (χ3v) is 5.60. The van der Waals surface area contributed by atoms with Crippen molar-refractivity contribution in [3.8, 4) is 0 Å². The van der Waals surface area contributed by atoms with E-state index in [4.69, 9.17) is 9.97 Å². The maximum Gasteiger partial charge on any atom is 0.154 e. The van der Waals surface area contributed by atoms with Crippen LogP contribution in [-0.2, 0) is 6.42 Å². The average molecular weight is 430 g/mol. The summed E-state index contributed by atoms with van der Waals surface area (Å²) < 4.78 is 0.947. The van der Waals surface area contributed by atoms with E-state index in [0.717, 1.165) is 59.6 Å². The van der Waals surface area contributed by atoms with Crippen molar-refractivity contribution in [3.63, 3.8) is 0 Å². The van der Waals surface area contributed by atoms with Gasteiger partial charge in [-0.15, -0.1) is 0 Å². The predicted octanol–water partition coefficient (Wildman–Crippen LogP) is 3.70. The van der Waals surface area contributed by atoms with Gasteiger partial charge in [-0.05, 0) is 53.4 Å². The zero-order chi connectivity index (χ0) is 18.8. The van der Waals surface area contributed by atoms with Gasteiger partial charge >= 0.3 is 0 Å². The van der Waals surface area contributed by atoms with Crippen LogP contribution in [0.1, 0.15) is 31.2 Å². The molecule has 1 aliphatic rings. The average Bonchev–Trinajstić information content (AvgIpc) is 3.05. The zero-order valence-electron chi connectivity index (χ0n) is 15.4. The molecule has 0 unspecified atom stereocenters. The Morgan fingerprint density at radius 3 is 2.67 bits per heavy atom. The highest BCUT2D eigenvalue weighted by Gasteiger charge is 2.17. The molecule has 1 aliphatic heterocycles. The van der Waals surface area contributed by atoms with Crippen molar-refractivity contribution in [2.75, 3.05) is 29.9 Å². The number of nitrogens with one attached hydrogen (secondary N) is 2. The Bertz CT molecular complexity index is 916. The lowest BCUT2D eigenvalue weighted by molar-refractivity contribution is 0.145. The number of halogens is 1. The fraction of sp³-hybridized carbons (Fsp3) is 0.400. The Morgan fingerprint density at radius 2 is 1.96 bits per heavy atom. The van der Waals surface area contributed by atoms with Gasteiger partial charge in [0.15, 0.2) is 5.82 Å². The molecule has 4 rings (SSSR count). The first-order chi connectivity index (χ1) is 13.1. The van der Waals surface area contributed by atoms with Gasteiger partial charge in [-0.2, -0.15) is 0 Å². The van der Waals surface area contributed by atoms with Gasteiger partial charge in [-0.1, -0.05) is 12.1 Å². The Hall–Kier alpha value is -2.12. The van der Waals surface area contributed by atoms with Crippen molar-refractivity contribution < 1.29 is 5.11 Å². The van der Waals surface area contributed by atoms with Gasteiger partial charge in [0.05, 0.1) is 10.6 Å². The normalized spacial score (nSPS) is 15.4. The van der Waals surface area contributed by atoms with Crippen LogP contribution in [0.4, 0.5) is 11.5 Å². The van der Waals surface area contributed by atoms with E-state index in [1.54, 1.807) is 0 Å². The summed E-state index contributed by atoms with van der Waals surface area (Å²) in [7, 11) is 0. The minimum Gasteiger partial charge on any atom is -0.393 e. The van der Waals surface area contributed by atoms with Gasteiger partial charge in [0.1, 0.15) is 16.9 Å². The third-order valence-electron chi connectivity index (χ3n) is 5.00. The number of hydrogen-bond donors (Lipinski definition) is 3. The predicted molar refractivity (Wildman–Crippen MR) is 112 cm³/mol. The summed E-state index contributed by atoms with van der Waals surface area (Å²) in [5, 5.41) is 13.0. The lowest BCUT2D eigenvalue weighted by atomic mass is 10.1. The van der Waals surface area contributed by atoms with Crippen LogP contribution < -0.4 is 10.2 Å². The van der Waals surface area contributed by atoms with E-state index in [9.17, 15) is 5.11 Å². The van der Waals surface area contributed by atoms with Crippen LogP contribution in [0, 0.1) is 0 Å². The Kier molecular flexibility index (Phi) is 5.31. The summed E-state index contributed by atoms with van der Waals surface area (Å²) in [6, 6.07) is 8.60. The summed E-state index contributed by atoms with van der Waals surface area (Å²) in [4.78, 5) is 15.0. The second-order valence-corrected chi connectivity index (χ2v) is 7.79. The van der Waals surface area contributed by atoms with Crippen LogP contribution in [0.2, 0.25) is 0 Å². The highest BCUT2D eigenvalue weighted by atomic mass is 79.9. The van der Waals surface area contributed by atoms with Gasteiger partial charge in [0, 0.05) is 37.9 Å². The van der Waals surface area contributed by atoms with Crippen molar-refractivity contribution in [1.29, 1.82) is 0 Å². The molecule has 0 saturated carbocycles. The molecule has 0 atom stereocenters. The van der Waals surface area contributed by atoms with Gasteiger partial charge in [-0.3, -0.25) is 0 Å². The number of aromatic amines is 1. The van der Waals surface area contributed by atoms with Crippen molar-refractivity contribution in [3.05, 3.63) is 46.3 Å². The molecule has 0 bridgehead atoms. The number of aliphatic hydroxyl groups is 1. The van der Waals surface area contributed by atoms with Crippen LogP contribution in [0.5, 0.6) is 0 Å². The summed E-state index contributed by atoms with van der Waals surface area (Å²) in [5.41, 5.74) is 4.22. The van der Waals surface area contributed by atoms with Crippen LogP contribution in [0.15, 0.2) is 34.9 Å². The molecule has 142 valence electrons. The van der Waals surface area contributed by atoms with Gasteiger partial charge in [0.25, 0.3) is 0 Å². The summed E-state index contributed by atoms with van der Waals surface area (Å²) in [6.07, 6.45) is 4.12. The third kappa shape index (κ3) is 3.94. The highest BCUT2D eigenvalue weighted by molar-refractivity contribution is 9.10. The number of aliphatic hydroxyl groups excluding tert-OH is 1. The second-order valence-electron chi connectivity index (χ2n) is 6.94. The van der Waals surface area contributed by atoms with E-state index in [0.29, 0.717) is 6.42 Å². The Morgan fingerprint density at radius 1 is 1.22 bits per heavy atom. The number of benzene rings is 1. The number of fused-ring (bicyclic) bond motifs is 1. The smallest absolute Gasteiger partial charge is 0.154 e. The number of nitrogens with zero attached hydrogens (tertiary/aromatic N) is 3. The maximum atomic E-state index is 9.67. The molecule has 1 saturated heterocycles. The molecule has 0 amide bonds. The van der Waals surface area contributed by atoms with Crippen LogP contribution in [-0.4, -0.2) is 45.8 Å². The van der Waals surface area contributed by atoms with Crippen LogP contribution in [0.3, 0.4) is 0 Å². The van der Waals surface area contributed by atoms with Gasteiger partial charge in [-0.25, -0.2) is 9.97 Å². The molecule has 0 aliphatic carbocycles. The van der Waals surface area contributed by atoms with Crippen molar-refractivity contribution in [1.82, 2.24) is 15.0 Å². The van der Waals surface area contributed by atoms with Crippen LogP contribution in [0.25, 0.3) is 11.0 Å². The fourth-order valence-electron chi connectivity index (χ4n) is 3.53. The number of hydrogen-bond acceptors (Lipinski definition) is 5. The summed E-state index contributed by atoms with van der Waals surface area (Å²) in [5.74, 6) is 1.64. The monoisotopic (exact) mass is 429 g/mol. The van der Waals surface area contributed by atoms with Crippen molar-refractivity contribution in [2.45, 2.75) is 32.3 Å². The van der Waals surface area contributed by atoms with Gasteiger partial charge in [0.2, 0.25) is 0 Å². The first-order valence-corrected chi connectivity index (χ1v) is 10.2. The number of anilines is 2. The number of H-pyrrole nitrogens is 1. The van der Waals surface area contributed by atoms with E-state index in [1.165, 1.54) is 11.3 Å². The second kappa shape index (κ2) is 7.86. The Labute approximate surface area is 167 Å². The molecule has 2 aromatic heterocycles. The minimum atomic E-state index is -0.147. The van der Waals surface area contributed by atoms with Crippen molar-refractivity contribution >= 4 is 38.5 Å². The molecule has 1 aromatic carbocycles. The molecule has 3 N–H and O–H groups in total. The van der Waals surface area contributed by atoms with E-state index < -0.39 is 0 Å². The lowest BCUT2D eigenvalue weighted by Crippen LogP contribution is -2.35. The largest absolute Gasteiger partial charge is 0.393 e. The van der Waals surface area contributed by atoms with Crippen LogP contribution >= 0.6 is 15.9 Å². The van der Waals surface area contributed by atoms with Gasteiger partial charge < -0.3 is 20.3 Å². The molecule has 3 heterocycles. The molecule has 0 radical (unpaired) electrons. The standard InChI is InChI=1S/C20H24BrN5O/c1-2-22-20-19-18(16(21)12-23-19)24-17(25-20)11-13-3-5-14(6-4-13)26-9-7-15(27)8-10-26/h3-6,12,15,23,27H,2,7-11H2,1H3,(H,22,24,25). The summed E-state index contributed by atoms with van der Waals surface area (Å²) in [6.45, 7) is 4.69. The van der Waals surface area contributed by atoms with Crippen molar-refractivity contribution in [2.24, 2.45) is 0 Å². The quantitative estimate of drug-likeness (QED) is 0.576. The maximum absolute atomic E-state index is 9.67. The molecule has 27 heavy (non-hydrogen) atoms. The van der Waals surface area contributed by atoms with E-state index >= 15 is 0 Å². The topological polar surface area (TPSA) is 77.1 Å². The molecular weight excluding hydrogens is 406 g/mol. The molecule has 3 aromatic rings. The number of piperidine rings is 1. The summed E-state index contributed by atoms with van der Waals surface area (Å²) >= 11 is 3.56. The van der Waals surface area contributed by atoms with E-state index in [1.807, 2.05) is 6.20 Å². The molecule has 1 fully saturated rings. The fourth-order valence-corrected chi connectivity index (χ4v) is 3.93. The molecule has 6 nitrogen and oxygen atoms in total. The molecular formula is C20H24BrN5O. The first-order valence-electron chi connectivity index (χ1n) is 9.43. The first kappa shape index (κ1) is 18.3. The Balaban J connectivity index is 1.54. The lowest BCUT2D eigenvalue weighted by Gasteiger charge is -2.31. The zero-order valence-corrected chi connectivity index (χ0v) is 17.0. The minimum absolute atomic E-state index is 0.147. The highest BCUT2D eigenvalue weighted by Crippen LogP contribution is 2.27. The number of aromatic nitrogens is 3. The van der Waals surface area contributed by atoms with E-state index in [2.05, 4.69) is 62.3 Å². The molecule has 7 heteroatoms. The SMILES string of the molecule is CCNc1nc(Cc2ccc(N3CCC(O)CC3)cc2)nc2c(Br)c[nH]c12. The van der Waals surface area contributed by atoms with E-state index in [-0.39, 0.29) is 6.10 Å². The number of rotatable bonds is 5. The molecule has 0 spiro atoms.